The van der Waals surface area contributed by atoms with Crippen molar-refractivity contribution in [1.29, 1.82) is 0 Å². The van der Waals surface area contributed by atoms with E-state index in [0.29, 0.717) is 4.57 Å². The molecular formula is C11H16F2N3O12P3. The lowest BCUT2D eigenvalue weighted by Gasteiger charge is -2.39. The zero-order valence-corrected chi connectivity index (χ0v) is 17.6. The molecule has 1 saturated heterocycles. The van der Waals surface area contributed by atoms with E-state index in [9.17, 15) is 37.6 Å². The van der Waals surface area contributed by atoms with Crippen molar-refractivity contribution in [3.8, 4) is 0 Å². The van der Waals surface area contributed by atoms with E-state index in [4.69, 9.17) is 24.8 Å². The molecule has 2 aliphatic rings. The third kappa shape index (κ3) is 4.98. The maximum absolute atomic E-state index is 14.9. The van der Waals surface area contributed by atoms with Crippen molar-refractivity contribution in [3.63, 3.8) is 0 Å². The summed E-state index contributed by atoms with van der Waals surface area (Å²) in [6, 6.07) is 1.11. The topological polar surface area (TPSA) is 233 Å². The highest BCUT2D eigenvalue weighted by Gasteiger charge is 2.63. The van der Waals surface area contributed by atoms with Crippen LogP contribution in [-0.2, 0) is 27.0 Å². The van der Waals surface area contributed by atoms with Crippen molar-refractivity contribution in [1.82, 2.24) is 9.55 Å². The van der Waals surface area contributed by atoms with E-state index < -0.39 is 65.8 Å². The van der Waals surface area contributed by atoms with Gasteiger partial charge in [0.2, 0.25) is 0 Å². The summed E-state index contributed by atoms with van der Waals surface area (Å²) in [7, 11) is -15.9. The van der Waals surface area contributed by atoms with Crippen LogP contribution in [0.15, 0.2) is 17.1 Å². The summed E-state index contributed by atoms with van der Waals surface area (Å²) in [6.07, 6.45) is -8.13. The molecule has 1 fully saturated rings. The number of aliphatic hydroxyl groups excluding tert-OH is 1. The van der Waals surface area contributed by atoms with Crippen LogP contribution >= 0.6 is 23.2 Å². The number of nitrogen functional groups attached to an aromatic ring is 1. The van der Waals surface area contributed by atoms with Gasteiger partial charge in [-0.2, -0.15) is 9.29 Å². The number of anilines is 1. The van der Waals surface area contributed by atoms with E-state index in [1.54, 1.807) is 0 Å². The summed E-state index contributed by atoms with van der Waals surface area (Å²) in [5, 5.41) is 10.2. The van der Waals surface area contributed by atoms with E-state index in [1.807, 2.05) is 0 Å². The lowest BCUT2D eigenvalue weighted by molar-refractivity contribution is -0.149. The first-order chi connectivity index (χ1) is 14.1. The fraction of sp³-hybridized carbons (Fsp3) is 0.545. The molecule has 0 aliphatic carbocycles. The molecule has 3 unspecified atom stereocenters. The largest absolute Gasteiger partial charge is 0.487 e. The van der Waals surface area contributed by atoms with Crippen LogP contribution in [0, 0.1) is 0 Å². The highest BCUT2D eigenvalue weighted by atomic mass is 31.3. The van der Waals surface area contributed by atoms with E-state index in [-0.39, 0.29) is 11.6 Å². The molecule has 20 heteroatoms. The molecule has 7 atom stereocenters. The summed E-state index contributed by atoms with van der Waals surface area (Å²) >= 11 is 0. The molecule has 7 N–H and O–H groups in total. The summed E-state index contributed by atoms with van der Waals surface area (Å²) in [5.41, 5.74) is 1.73. The van der Waals surface area contributed by atoms with Crippen molar-refractivity contribution in [2.75, 3.05) is 12.3 Å². The lowest BCUT2D eigenvalue weighted by atomic mass is 9.92. The van der Waals surface area contributed by atoms with Crippen molar-refractivity contribution < 1.29 is 60.5 Å². The SMILES string of the molecule is Nc1ccn([C@@H]2O[C@]3(COP(O)(OP(=O)(O)OP(=O)(O)O)=CC3F)[C@H](O)[C@@H]2F)c(=O)n1. The second kappa shape index (κ2) is 8.06. The van der Waals surface area contributed by atoms with Gasteiger partial charge in [0.15, 0.2) is 24.2 Å². The quantitative estimate of drug-likeness (QED) is 0.258. The van der Waals surface area contributed by atoms with Gasteiger partial charge >= 0.3 is 21.3 Å². The van der Waals surface area contributed by atoms with Crippen LogP contribution in [0.1, 0.15) is 6.23 Å². The number of nitrogens with two attached hydrogens (primary N) is 1. The second-order valence-electron chi connectivity index (χ2n) is 6.41. The number of ether oxygens (including phenoxy) is 1. The third-order valence-electron chi connectivity index (χ3n) is 4.23. The highest BCUT2D eigenvalue weighted by molar-refractivity contribution is 7.71. The Kier molecular flexibility index (Phi) is 6.39. The van der Waals surface area contributed by atoms with Gasteiger partial charge in [-0.1, -0.05) is 0 Å². The fourth-order valence-corrected chi connectivity index (χ4v) is 7.03. The Morgan fingerprint density at radius 2 is 2.00 bits per heavy atom. The number of alkyl halides is 2. The maximum atomic E-state index is 14.9. The first-order valence-corrected chi connectivity index (χ1v) is 12.7. The van der Waals surface area contributed by atoms with Gasteiger partial charge in [-0.05, 0) is 6.07 Å². The van der Waals surface area contributed by atoms with Gasteiger partial charge in [0.1, 0.15) is 11.9 Å². The first-order valence-electron chi connectivity index (χ1n) is 7.99. The Bertz CT molecular complexity index is 1080. The monoisotopic (exact) mass is 513 g/mol. The Morgan fingerprint density at radius 1 is 1.35 bits per heavy atom. The molecule has 0 aromatic carbocycles. The smallest absolute Gasteiger partial charge is 0.387 e. The Balaban J connectivity index is 1.89. The molecule has 15 nitrogen and oxygen atoms in total. The molecule has 0 amide bonds. The molecule has 0 saturated carbocycles. The van der Waals surface area contributed by atoms with E-state index in [0.717, 1.165) is 12.3 Å². The number of aromatic nitrogens is 2. The minimum absolute atomic E-state index is 0.130. The molecule has 1 aromatic rings. The predicted molar refractivity (Wildman–Crippen MR) is 96.8 cm³/mol. The number of halogens is 2. The van der Waals surface area contributed by atoms with Crippen molar-refractivity contribution in [2.45, 2.75) is 30.3 Å². The summed E-state index contributed by atoms with van der Waals surface area (Å²) in [5.74, 6) is -0.0642. The molecule has 2 aliphatic heterocycles. The van der Waals surface area contributed by atoms with Gasteiger partial charge in [0, 0.05) is 12.0 Å². The van der Waals surface area contributed by atoms with Crippen molar-refractivity contribution in [2.24, 2.45) is 0 Å². The van der Waals surface area contributed by atoms with Gasteiger partial charge in [-0.25, -0.2) is 27.0 Å². The molecule has 0 bridgehead atoms. The zero-order valence-electron chi connectivity index (χ0n) is 14.9. The van der Waals surface area contributed by atoms with Gasteiger partial charge in [-0.15, -0.1) is 0 Å². The standard InChI is InChI=1S/C11H16F2N3O12P3/c12-5-3-29(19,27-31(23,24)28-30(20,21)22)25-4-11(5)8(17)7(13)9(26-11)16-2-1-6(14)15-10(16)18/h1-3,5,7-9,17,19H,4H2,(H,23,24)(H2,14,15,18)(H2,20,21,22)/t5?,7-,8+,9+,11-,29?/m0/s1. The van der Waals surface area contributed by atoms with Gasteiger partial charge < -0.3 is 39.7 Å². The maximum Gasteiger partial charge on any atom is 0.487 e. The van der Waals surface area contributed by atoms with Crippen LogP contribution in [0.4, 0.5) is 14.6 Å². The molecule has 31 heavy (non-hydrogen) atoms. The number of phosphoric acid groups is 2. The molecule has 176 valence electrons. The van der Waals surface area contributed by atoms with Crippen LogP contribution in [0.5, 0.6) is 0 Å². The molecule has 1 spiro atoms. The van der Waals surface area contributed by atoms with Crippen LogP contribution in [0.2, 0.25) is 0 Å². The van der Waals surface area contributed by atoms with Crippen LogP contribution in [0.25, 0.3) is 0 Å². The third-order valence-corrected chi connectivity index (χ3v) is 8.81. The lowest BCUT2D eigenvalue weighted by Crippen LogP contribution is -2.56. The van der Waals surface area contributed by atoms with Gasteiger partial charge in [0.05, 0.1) is 6.61 Å². The average molecular weight is 513 g/mol. The number of aliphatic hydroxyl groups is 1. The fourth-order valence-electron chi connectivity index (χ4n) is 2.92. The minimum Gasteiger partial charge on any atom is -0.387 e. The highest BCUT2D eigenvalue weighted by Crippen LogP contribution is 2.68. The molecule has 1 aromatic heterocycles. The number of hydrogen-bond donors (Lipinski definition) is 6. The van der Waals surface area contributed by atoms with Crippen molar-refractivity contribution in [3.05, 3.63) is 22.7 Å². The molecule has 3 heterocycles. The summed E-state index contributed by atoms with van der Waals surface area (Å²) < 4.78 is 70.2. The number of nitrogens with zero attached hydrogens (tertiary/aromatic N) is 2. The molecular weight excluding hydrogens is 497 g/mol. The second-order valence-corrected chi connectivity index (χ2v) is 11.3. The number of hydrogen-bond acceptors (Lipinski definition) is 11. The predicted octanol–water partition coefficient (Wildman–Crippen LogP) is -1.06. The average Bonchev–Trinajstić information content (AvgIpc) is 2.82. The van der Waals surface area contributed by atoms with Crippen LogP contribution < -0.4 is 11.4 Å². The van der Waals surface area contributed by atoms with E-state index in [2.05, 4.69) is 13.6 Å². The van der Waals surface area contributed by atoms with Crippen LogP contribution in [-0.4, -0.2) is 70.7 Å². The van der Waals surface area contributed by atoms with E-state index >= 15 is 0 Å². The normalized spacial score (nSPS) is 38.0. The minimum atomic E-state index is -5.65. The van der Waals surface area contributed by atoms with Gasteiger partial charge in [0.25, 0.3) is 7.57 Å². The Hall–Kier alpha value is -1.06. The van der Waals surface area contributed by atoms with Crippen LogP contribution in [0.3, 0.4) is 0 Å². The van der Waals surface area contributed by atoms with E-state index in [1.165, 1.54) is 0 Å². The van der Waals surface area contributed by atoms with Gasteiger partial charge in [-0.3, -0.25) is 4.57 Å². The van der Waals surface area contributed by atoms with Crippen molar-refractivity contribution >= 4 is 34.8 Å². The Labute approximate surface area is 171 Å². The first kappa shape index (κ1) is 24.6. The number of rotatable bonds is 5. The molecule has 0 radical (unpaired) electrons. The summed E-state index contributed by atoms with van der Waals surface area (Å²) in [6.45, 7) is -1.15. The Morgan fingerprint density at radius 3 is 2.55 bits per heavy atom. The zero-order chi connectivity index (χ0) is 23.4. The summed E-state index contributed by atoms with van der Waals surface area (Å²) in [4.78, 5) is 51.9. The molecule has 3 rings (SSSR count).